The molecule has 0 aliphatic rings. The van der Waals surface area contributed by atoms with Gasteiger partial charge in [0.05, 0.1) is 24.2 Å². The van der Waals surface area contributed by atoms with Gasteiger partial charge in [-0.25, -0.2) is 9.97 Å². The van der Waals surface area contributed by atoms with Gasteiger partial charge >= 0.3 is 0 Å². The van der Waals surface area contributed by atoms with Crippen LogP contribution in [0.15, 0.2) is 72.8 Å². The zero-order valence-corrected chi connectivity index (χ0v) is 26.3. The number of aromatic hydroxyl groups is 1. The molecule has 0 amide bonds. The van der Waals surface area contributed by atoms with Crippen LogP contribution in [0.5, 0.6) is 11.5 Å². The van der Waals surface area contributed by atoms with Gasteiger partial charge in [-0.2, -0.15) is 0 Å². The fourth-order valence-corrected chi connectivity index (χ4v) is 4.42. The normalized spacial score (nSPS) is 10.5. The third kappa shape index (κ3) is 8.35. The lowest BCUT2D eigenvalue weighted by atomic mass is 9.99. The lowest BCUT2D eigenvalue weighted by Crippen LogP contribution is -2.04. The highest BCUT2D eigenvalue weighted by Gasteiger charge is 2.13. The maximum absolute atomic E-state index is 10.1. The number of hydrogen-bond donors (Lipinski definition) is 5. The van der Waals surface area contributed by atoms with E-state index < -0.39 is 0 Å². The van der Waals surface area contributed by atoms with Crippen LogP contribution < -0.4 is 16.2 Å². The second-order valence-electron chi connectivity index (χ2n) is 9.65. The molecule has 2 aromatic heterocycles. The van der Waals surface area contributed by atoms with Crippen molar-refractivity contribution in [2.24, 2.45) is 0 Å². The van der Waals surface area contributed by atoms with E-state index in [4.69, 9.17) is 26.4 Å². The Morgan fingerprint density at radius 1 is 0.644 bits per heavy atom. The molecule has 6 rings (SSSR count). The molecular weight excluding hydrogens is 640 g/mol. The number of halogens is 1. The molecule has 232 valence electrons. The van der Waals surface area contributed by atoms with Gasteiger partial charge in [-0.1, -0.05) is 64.5 Å². The Kier molecular flexibility index (Phi) is 11.5. The summed E-state index contributed by atoms with van der Waals surface area (Å²) in [6.45, 7) is 4.40. The molecule has 13 heteroatoms. The highest BCUT2D eigenvalue weighted by molar-refractivity contribution is 9.09. The average molecular weight is 674 g/mol. The summed E-state index contributed by atoms with van der Waals surface area (Å²) >= 11 is 3.00. The number of ether oxygens (including phenoxy) is 1. The van der Waals surface area contributed by atoms with Crippen molar-refractivity contribution in [3.63, 3.8) is 0 Å². The first-order valence-corrected chi connectivity index (χ1v) is 15.0. The predicted octanol–water partition coefficient (Wildman–Crippen LogP) is 4.62. The van der Waals surface area contributed by atoms with E-state index in [0.717, 1.165) is 27.8 Å². The summed E-state index contributed by atoms with van der Waals surface area (Å²) in [6.07, 6.45) is 0. The summed E-state index contributed by atoms with van der Waals surface area (Å²) in [5.74, 6) is 0.997. The monoisotopic (exact) mass is 672 g/mol. The van der Waals surface area contributed by atoms with Crippen LogP contribution in [0.25, 0.3) is 44.3 Å². The van der Waals surface area contributed by atoms with E-state index in [1.165, 1.54) is 0 Å². The van der Waals surface area contributed by atoms with Gasteiger partial charge in [0.25, 0.3) is 0 Å². The second-order valence-corrected chi connectivity index (χ2v) is 10.4. The minimum Gasteiger partial charge on any atom is -0.507 e. The number of nitrogens with zero attached hydrogens (tertiary/aromatic N) is 6. The molecule has 0 radical (unpaired) electrons. The fraction of sp³-hybridized carbons (Fsp3) is 0.188. The van der Waals surface area contributed by atoms with Crippen molar-refractivity contribution in [1.82, 2.24) is 30.4 Å². The summed E-state index contributed by atoms with van der Waals surface area (Å²) < 4.78 is 5.66. The van der Waals surface area contributed by atoms with E-state index in [0.29, 0.717) is 38.7 Å². The molecule has 45 heavy (non-hydrogen) atoms. The van der Waals surface area contributed by atoms with Gasteiger partial charge < -0.3 is 31.5 Å². The highest BCUT2D eigenvalue weighted by Crippen LogP contribution is 2.35. The summed E-state index contributed by atoms with van der Waals surface area (Å²) in [6, 6.07) is 22.8. The molecule has 6 aromatic rings. The summed E-state index contributed by atoms with van der Waals surface area (Å²) in [5.41, 5.74) is 19.2. The molecule has 0 unspecified atom stereocenters. The minimum absolute atomic E-state index is 0.0601. The molecule has 7 N–H and O–H groups in total. The van der Waals surface area contributed by atoms with Gasteiger partial charge in [-0.05, 0) is 48.2 Å². The summed E-state index contributed by atoms with van der Waals surface area (Å²) in [7, 11) is 0. The van der Waals surface area contributed by atoms with Gasteiger partial charge in [-0.15, -0.1) is 20.4 Å². The van der Waals surface area contributed by atoms with E-state index >= 15 is 0 Å². The molecule has 0 aliphatic carbocycles. The number of nitrogen functional groups attached to an aromatic ring is 2. The molecule has 4 aromatic carbocycles. The van der Waals surface area contributed by atoms with Gasteiger partial charge in [0.1, 0.15) is 29.1 Å². The number of aliphatic hydroxyl groups is 2. The average Bonchev–Trinajstić information content (AvgIpc) is 3.04. The van der Waals surface area contributed by atoms with Crippen LogP contribution in [-0.2, 0) is 0 Å². The predicted molar refractivity (Wildman–Crippen MR) is 179 cm³/mol. The number of hydrogen-bond acceptors (Lipinski definition) is 12. The van der Waals surface area contributed by atoms with Crippen LogP contribution >= 0.6 is 15.9 Å². The highest BCUT2D eigenvalue weighted by atomic mass is 79.9. The molecule has 0 bridgehead atoms. The SMILES string of the molecule is Cc1ccccc1-c1cc2nnc(N)nc2cc1O.Cc1ccccc1-c1cc2nnc(N)nc2cc1OCCO.OCCBr. The molecular formula is C32H33BrN8O4. The Morgan fingerprint density at radius 2 is 1.13 bits per heavy atom. The van der Waals surface area contributed by atoms with Crippen molar-refractivity contribution < 1.29 is 20.1 Å². The molecule has 0 spiro atoms. The quantitative estimate of drug-likeness (QED) is 0.154. The van der Waals surface area contributed by atoms with E-state index in [1.54, 1.807) is 18.2 Å². The molecule has 0 fully saturated rings. The number of aryl methyl sites for hydroxylation is 2. The van der Waals surface area contributed by atoms with Crippen LogP contribution in [-0.4, -0.2) is 70.8 Å². The number of aliphatic hydroxyl groups excluding tert-OH is 2. The number of phenolic OH excluding ortho intramolecular Hbond substituents is 1. The van der Waals surface area contributed by atoms with Crippen molar-refractivity contribution >= 4 is 49.9 Å². The smallest absolute Gasteiger partial charge is 0.240 e. The van der Waals surface area contributed by atoms with E-state index in [-0.39, 0.29) is 37.5 Å². The number of phenols is 1. The first-order valence-electron chi connectivity index (χ1n) is 13.8. The van der Waals surface area contributed by atoms with Crippen molar-refractivity contribution in [1.29, 1.82) is 0 Å². The third-order valence-electron chi connectivity index (χ3n) is 6.46. The van der Waals surface area contributed by atoms with Crippen LogP contribution in [0.1, 0.15) is 11.1 Å². The molecule has 0 saturated carbocycles. The summed E-state index contributed by atoms with van der Waals surface area (Å²) in [4.78, 5) is 8.20. The van der Waals surface area contributed by atoms with Crippen LogP contribution in [0, 0.1) is 13.8 Å². The molecule has 0 atom stereocenters. The van der Waals surface area contributed by atoms with E-state index in [1.807, 2.05) is 68.4 Å². The third-order valence-corrected chi connectivity index (χ3v) is 6.82. The van der Waals surface area contributed by atoms with Crippen molar-refractivity contribution in [3.05, 3.63) is 83.9 Å². The van der Waals surface area contributed by atoms with Crippen LogP contribution in [0.4, 0.5) is 11.9 Å². The first kappa shape index (κ1) is 32.9. The van der Waals surface area contributed by atoms with E-state index in [9.17, 15) is 5.11 Å². The summed E-state index contributed by atoms with van der Waals surface area (Å²) in [5, 5.41) is 43.3. The number of anilines is 2. The number of benzene rings is 4. The number of fused-ring (bicyclic) bond motifs is 2. The zero-order valence-electron chi connectivity index (χ0n) is 24.7. The van der Waals surface area contributed by atoms with Crippen LogP contribution in [0.2, 0.25) is 0 Å². The maximum atomic E-state index is 10.1. The van der Waals surface area contributed by atoms with Gasteiger partial charge in [-0.3, -0.25) is 0 Å². The number of rotatable bonds is 6. The number of alkyl halides is 1. The Balaban J connectivity index is 0.000000185. The zero-order chi connectivity index (χ0) is 32.3. The molecule has 0 aliphatic heterocycles. The maximum Gasteiger partial charge on any atom is 0.240 e. The lowest BCUT2D eigenvalue weighted by Gasteiger charge is -2.13. The Labute approximate surface area is 267 Å². The fourth-order valence-electron chi connectivity index (χ4n) is 4.42. The van der Waals surface area contributed by atoms with Crippen molar-refractivity contribution in [2.75, 3.05) is 36.6 Å². The largest absolute Gasteiger partial charge is 0.507 e. The number of aromatic nitrogens is 6. The second kappa shape index (κ2) is 15.7. The molecule has 2 heterocycles. The van der Waals surface area contributed by atoms with Crippen molar-refractivity contribution in [3.8, 4) is 33.8 Å². The molecule has 0 saturated heterocycles. The first-order chi connectivity index (χ1) is 21.7. The van der Waals surface area contributed by atoms with E-state index in [2.05, 4.69) is 46.3 Å². The van der Waals surface area contributed by atoms with Crippen molar-refractivity contribution in [2.45, 2.75) is 13.8 Å². The Hall–Kier alpha value is -4.98. The van der Waals surface area contributed by atoms with Gasteiger partial charge in [0, 0.05) is 28.6 Å². The van der Waals surface area contributed by atoms with Gasteiger partial charge in [0.15, 0.2) is 0 Å². The van der Waals surface area contributed by atoms with Crippen LogP contribution in [0.3, 0.4) is 0 Å². The minimum atomic E-state index is -0.0601. The topological polar surface area (TPSA) is 199 Å². The number of nitrogens with two attached hydrogens (primary N) is 2. The standard InChI is InChI=1S/C16H16N4O2.C14H12N4O.C2H5BrO/c1-10-4-2-3-5-11(10)12-8-14-13(18-16(17)20-19-14)9-15(12)22-7-6-21;1-8-4-2-3-5-9(8)10-6-12-11(7-13(10)19)16-14(15)18-17-12;3-1-2-4/h2-5,8-9,21H,6-7H2,1H3,(H2,17,18,20);2-7,19H,1H3,(H2,15,16,18);4H,1-2H2. The Morgan fingerprint density at radius 3 is 1.64 bits per heavy atom. The van der Waals surface area contributed by atoms with Gasteiger partial charge in [0.2, 0.25) is 11.9 Å². The lowest BCUT2D eigenvalue weighted by molar-refractivity contribution is 0.202. The Bertz CT molecular complexity index is 1910. The molecule has 12 nitrogen and oxygen atoms in total.